The van der Waals surface area contributed by atoms with Crippen molar-refractivity contribution in [3.05, 3.63) is 6.33 Å². The lowest BCUT2D eigenvalue weighted by atomic mass is 10.2. The number of unbranched alkanes of at least 4 members (excludes halogenated alkanes) is 2. The maximum atomic E-state index is 12.3. The fraction of sp³-hybridized carbons (Fsp3) is 0.769. The molecule has 0 bridgehead atoms. The van der Waals surface area contributed by atoms with Crippen molar-refractivity contribution in [3.63, 3.8) is 0 Å². The number of hydrogen-bond donors (Lipinski definition) is 0. The van der Waals surface area contributed by atoms with E-state index < -0.39 is 10.0 Å². The standard InChI is InChI=1S/C13H25N5O3S/c1-5-8-9-10-16(4)13(19)18-11-14-12(15-18)22(20,21)17(6-2)7-3/h11H,5-10H2,1-4H3. The normalized spacial score (nSPS) is 11.9. The molecule has 0 aliphatic carbocycles. The molecule has 126 valence electrons. The molecule has 0 fully saturated rings. The van der Waals surface area contributed by atoms with Crippen LogP contribution < -0.4 is 0 Å². The first kappa shape index (κ1) is 18.6. The van der Waals surface area contributed by atoms with Crippen molar-refractivity contribution in [2.24, 2.45) is 0 Å². The van der Waals surface area contributed by atoms with Gasteiger partial charge in [0.2, 0.25) is 0 Å². The van der Waals surface area contributed by atoms with Crippen molar-refractivity contribution in [2.75, 3.05) is 26.7 Å². The van der Waals surface area contributed by atoms with Gasteiger partial charge < -0.3 is 4.90 Å². The van der Waals surface area contributed by atoms with Gasteiger partial charge in [0.1, 0.15) is 6.33 Å². The highest BCUT2D eigenvalue weighted by molar-refractivity contribution is 7.88. The lowest BCUT2D eigenvalue weighted by Gasteiger charge is -2.16. The molecule has 0 unspecified atom stereocenters. The summed E-state index contributed by atoms with van der Waals surface area (Å²) in [6.07, 6.45) is 4.15. The fourth-order valence-electron chi connectivity index (χ4n) is 2.01. The highest BCUT2D eigenvalue weighted by atomic mass is 32.2. The summed E-state index contributed by atoms with van der Waals surface area (Å²) in [7, 11) is -2.08. The van der Waals surface area contributed by atoms with Gasteiger partial charge in [-0.1, -0.05) is 33.6 Å². The van der Waals surface area contributed by atoms with E-state index in [-0.39, 0.29) is 11.2 Å². The van der Waals surface area contributed by atoms with Crippen LogP contribution in [-0.4, -0.2) is 65.1 Å². The van der Waals surface area contributed by atoms with Crippen LogP contribution in [-0.2, 0) is 10.0 Å². The van der Waals surface area contributed by atoms with Crippen LogP contribution in [0.5, 0.6) is 0 Å². The Bertz CT molecular complexity index is 580. The molecule has 0 aromatic carbocycles. The fourth-order valence-corrected chi connectivity index (χ4v) is 3.29. The van der Waals surface area contributed by atoms with Crippen LogP contribution in [0.1, 0.15) is 40.0 Å². The van der Waals surface area contributed by atoms with Crippen LogP contribution in [0, 0.1) is 0 Å². The summed E-state index contributed by atoms with van der Waals surface area (Å²) in [4.78, 5) is 17.5. The molecule has 1 rings (SSSR count). The topological polar surface area (TPSA) is 88.4 Å². The van der Waals surface area contributed by atoms with Gasteiger partial charge in [-0.2, -0.15) is 8.99 Å². The summed E-state index contributed by atoms with van der Waals surface area (Å²) in [5, 5.41) is 3.49. The van der Waals surface area contributed by atoms with Gasteiger partial charge in [0.05, 0.1) is 0 Å². The third kappa shape index (κ3) is 4.26. The average molecular weight is 331 g/mol. The summed E-state index contributed by atoms with van der Waals surface area (Å²) >= 11 is 0. The van der Waals surface area contributed by atoms with Gasteiger partial charge in [0.15, 0.2) is 0 Å². The van der Waals surface area contributed by atoms with E-state index in [9.17, 15) is 13.2 Å². The van der Waals surface area contributed by atoms with Crippen LogP contribution >= 0.6 is 0 Å². The number of rotatable bonds is 8. The molecule has 8 nitrogen and oxygen atoms in total. The molecule has 1 heterocycles. The molecule has 0 atom stereocenters. The lowest BCUT2D eigenvalue weighted by Crippen LogP contribution is -2.33. The molecule has 0 aliphatic heterocycles. The van der Waals surface area contributed by atoms with Gasteiger partial charge in [0.25, 0.3) is 15.2 Å². The molecular weight excluding hydrogens is 306 g/mol. The number of nitrogens with zero attached hydrogens (tertiary/aromatic N) is 5. The van der Waals surface area contributed by atoms with Gasteiger partial charge >= 0.3 is 6.03 Å². The molecule has 0 radical (unpaired) electrons. The third-order valence-corrected chi connectivity index (χ3v) is 5.21. The summed E-state index contributed by atoms with van der Waals surface area (Å²) in [5.74, 6) is 0. The zero-order valence-corrected chi connectivity index (χ0v) is 14.5. The van der Waals surface area contributed by atoms with Crippen LogP contribution in [0.15, 0.2) is 11.5 Å². The Labute approximate surface area is 132 Å². The van der Waals surface area contributed by atoms with Crippen molar-refractivity contribution < 1.29 is 13.2 Å². The van der Waals surface area contributed by atoms with Crippen molar-refractivity contribution in [1.29, 1.82) is 0 Å². The van der Waals surface area contributed by atoms with E-state index in [0.29, 0.717) is 19.6 Å². The van der Waals surface area contributed by atoms with E-state index in [4.69, 9.17) is 0 Å². The third-order valence-electron chi connectivity index (χ3n) is 3.37. The summed E-state index contributed by atoms with van der Waals surface area (Å²) in [6, 6.07) is -0.385. The SMILES string of the molecule is CCCCCN(C)C(=O)n1cnc(S(=O)(=O)N(CC)CC)n1. The van der Waals surface area contributed by atoms with E-state index >= 15 is 0 Å². The quantitative estimate of drug-likeness (QED) is 0.672. The molecule has 0 N–H and O–H groups in total. The van der Waals surface area contributed by atoms with Gasteiger partial charge in [-0.15, -0.1) is 5.10 Å². The lowest BCUT2D eigenvalue weighted by molar-refractivity contribution is 0.206. The van der Waals surface area contributed by atoms with Gasteiger partial charge in [-0.25, -0.2) is 18.2 Å². The number of amides is 1. The van der Waals surface area contributed by atoms with Gasteiger partial charge in [-0.05, 0) is 6.42 Å². The maximum absolute atomic E-state index is 12.3. The molecular formula is C13H25N5O3S. The van der Waals surface area contributed by atoms with Crippen molar-refractivity contribution >= 4 is 16.1 Å². The number of aromatic nitrogens is 3. The minimum Gasteiger partial charge on any atom is -0.326 e. The number of carbonyl (C=O) groups excluding carboxylic acids is 1. The second kappa shape index (κ2) is 8.23. The van der Waals surface area contributed by atoms with Crippen molar-refractivity contribution in [1.82, 2.24) is 24.0 Å². The zero-order chi connectivity index (χ0) is 16.8. The van der Waals surface area contributed by atoms with Gasteiger partial charge in [-0.3, -0.25) is 0 Å². The molecule has 0 spiro atoms. The Kier molecular flexibility index (Phi) is 6.95. The van der Waals surface area contributed by atoms with Crippen molar-refractivity contribution in [2.45, 2.75) is 45.2 Å². The first-order chi connectivity index (χ1) is 10.4. The van der Waals surface area contributed by atoms with Crippen LogP contribution in [0.4, 0.5) is 4.79 Å². The highest BCUT2D eigenvalue weighted by Crippen LogP contribution is 2.10. The maximum Gasteiger partial charge on any atom is 0.345 e. The van der Waals surface area contributed by atoms with Crippen LogP contribution in [0.3, 0.4) is 0 Å². The molecule has 0 saturated heterocycles. The Morgan fingerprint density at radius 2 is 1.86 bits per heavy atom. The molecule has 1 aromatic rings. The summed E-state index contributed by atoms with van der Waals surface area (Å²) < 4.78 is 26.8. The zero-order valence-electron chi connectivity index (χ0n) is 13.7. The Hall–Kier alpha value is -1.48. The molecule has 1 aromatic heterocycles. The van der Waals surface area contributed by atoms with Crippen LogP contribution in [0.2, 0.25) is 0 Å². The largest absolute Gasteiger partial charge is 0.345 e. The smallest absolute Gasteiger partial charge is 0.326 e. The highest BCUT2D eigenvalue weighted by Gasteiger charge is 2.27. The predicted molar refractivity (Wildman–Crippen MR) is 83.1 cm³/mol. The second-order valence-corrected chi connectivity index (χ2v) is 6.80. The molecule has 1 amide bonds. The Morgan fingerprint density at radius 3 is 2.41 bits per heavy atom. The predicted octanol–water partition coefficient (Wildman–Crippen LogP) is 1.40. The van der Waals surface area contributed by atoms with E-state index in [1.807, 2.05) is 0 Å². The first-order valence-electron chi connectivity index (χ1n) is 7.55. The molecule has 0 saturated carbocycles. The van der Waals surface area contributed by atoms with Gasteiger partial charge in [0, 0.05) is 26.7 Å². The molecule has 9 heteroatoms. The van der Waals surface area contributed by atoms with Crippen LogP contribution in [0.25, 0.3) is 0 Å². The molecule has 0 aliphatic rings. The molecule has 22 heavy (non-hydrogen) atoms. The number of hydrogen-bond acceptors (Lipinski definition) is 5. The van der Waals surface area contributed by atoms with E-state index in [1.165, 1.54) is 9.21 Å². The minimum atomic E-state index is -3.74. The monoisotopic (exact) mass is 331 g/mol. The Morgan fingerprint density at radius 1 is 1.23 bits per heavy atom. The minimum absolute atomic E-state index is 0.332. The van der Waals surface area contributed by atoms with E-state index in [1.54, 1.807) is 20.9 Å². The van der Waals surface area contributed by atoms with E-state index in [2.05, 4.69) is 17.0 Å². The number of sulfonamides is 1. The summed E-state index contributed by atoms with van der Waals surface area (Å²) in [6.45, 7) is 6.83. The Balaban J connectivity index is 2.85. The van der Waals surface area contributed by atoms with Crippen molar-refractivity contribution in [3.8, 4) is 0 Å². The first-order valence-corrected chi connectivity index (χ1v) is 8.99. The summed E-state index contributed by atoms with van der Waals surface area (Å²) in [5.41, 5.74) is 0. The number of carbonyl (C=O) groups is 1. The van der Waals surface area contributed by atoms with E-state index in [0.717, 1.165) is 30.3 Å². The average Bonchev–Trinajstić information content (AvgIpc) is 2.98. The second-order valence-electron chi connectivity index (χ2n) is 4.97.